The molecule has 0 bridgehead atoms. The first-order valence-corrected chi connectivity index (χ1v) is 12.2. The Hall–Kier alpha value is -3.15. The largest absolute Gasteiger partial charge is 0.497 e. The van der Waals surface area contributed by atoms with Crippen molar-refractivity contribution in [1.29, 1.82) is 0 Å². The Bertz CT molecular complexity index is 1080. The minimum absolute atomic E-state index is 0.0573. The topological polar surface area (TPSA) is 140 Å². The molecule has 0 unspecified atom stereocenters. The Morgan fingerprint density at radius 2 is 1.65 bits per heavy atom. The summed E-state index contributed by atoms with van der Waals surface area (Å²) in [7, 11) is -2.52. The van der Waals surface area contributed by atoms with E-state index in [1.165, 1.54) is 29.7 Å². The molecular weight excluding hydrogens is 464 g/mol. The van der Waals surface area contributed by atoms with Gasteiger partial charge in [-0.2, -0.15) is 0 Å². The maximum Gasteiger partial charge on any atom is 0.265 e. The van der Waals surface area contributed by atoms with Gasteiger partial charge < -0.3 is 19.5 Å². The molecule has 1 fully saturated rings. The molecule has 0 aliphatic carbocycles. The second kappa shape index (κ2) is 11.3. The number of carbonyl (C=O) groups is 2. The second-order valence-corrected chi connectivity index (χ2v) is 10.0. The summed E-state index contributed by atoms with van der Waals surface area (Å²) in [5, 5.41) is 11.9. The van der Waals surface area contributed by atoms with Crippen molar-refractivity contribution in [3.05, 3.63) is 54.1 Å². The molecule has 10 nitrogen and oxygen atoms in total. The van der Waals surface area contributed by atoms with Gasteiger partial charge in [-0.25, -0.2) is 13.9 Å². The van der Waals surface area contributed by atoms with Crippen LogP contribution >= 0.6 is 0 Å². The van der Waals surface area contributed by atoms with Crippen molar-refractivity contribution in [1.82, 2.24) is 10.8 Å². The summed E-state index contributed by atoms with van der Waals surface area (Å²) in [5.74, 6) is 0.00703. The number of ether oxygens (including phenoxy) is 3. The van der Waals surface area contributed by atoms with Gasteiger partial charge in [0.2, 0.25) is 5.91 Å². The number of sulfone groups is 1. The third kappa shape index (κ3) is 5.66. The van der Waals surface area contributed by atoms with Gasteiger partial charge in [0.05, 0.1) is 25.0 Å². The summed E-state index contributed by atoms with van der Waals surface area (Å²) in [6.45, 7) is 0.652. The smallest absolute Gasteiger partial charge is 0.265 e. The van der Waals surface area contributed by atoms with Gasteiger partial charge in [0.1, 0.15) is 18.1 Å². The molecule has 1 heterocycles. The van der Waals surface area contributed by atoms with Crippen LogP contribution in [0.1, 0.15) is 18.4 Å². The quantitative estimate of drug-likeness (QED) is 0.256. The van der Waals surface area contributed by atoms with E-state index in [0.29, 0.717) is 5.75 Å². The summed E-state index contributed by atoms with van der Waals surface area (Å²) >= 11 is 0. The fraction of sp³-hybridized carbons (Fsp3) is 0.391. The van der Waals surface area contributed by atoms with Gasteiger partial charge in [-0.05, 0) is 54.8 Å². The molecule has 3 rings (SSSR count). The molecule has 1 saturated heterocycles. The molecule has 1 aliphatic heterocycles. The van der Waals surface area contributed by atoms with E-state index in [0.717, 1.165) is 11.3 Å². The fourth-order valence-electron chi connectivity index (χ4n) is 3.71. The normalized spacial score (nSPS) is 15.2. The van der Waals surface area contributed by atoms with Crippen LogP contribution in [-0.4, -0.2) is 63.7 Å². The zero-order chi connectivity index (χ0) is 24.6. The van der Waals surface area contributed by atoms with Crippen LogP contribution in [0.2, 0.25) is 0 Å². The number of hydroxylamine groups is 1. The molecule has 1 aliphatic rings. The molecule has 0 radical (unpaired) electrons. The Morgan fingerprint density at radius 1 is 1.03 bits per heavy atom. The minimum Gasteiger partial charge on any atom is -0.497 e. The Labute approximate surface area is 198 Å². The number of benzene rings is 2. The summed E-state index contributed by atoms with van der Waals surface area (Å²) < 4.78 is 40.5. The molecule has 0 saturated carbocycles. The average Bonchev–Trinajstić information content (AvgIpc) is 2.87. The highest BCUT2D eigenvalue weighted by atomic mass is 32.2. The summed E-state index contributed by atoms with van der Waals surface area (Å²) in [6.07, 6.45) is 0.108. The third-order valence-electron chi connectivity index (χ3n) is 5.68. The first-order valence-electron chi connectivity index (χ1n) is 10.7. The predicted octanol–water partition coefficient (Wildman–Crippen LogP) is 1.26. The van der Waals surface area contributed by atoms with Gasteiger partial charge in [-0.1, -0.05) is 12.1 Å². The van der Waals surface area contributed by atoms with Crippen LogP contribution in [0.3, 0.4) is 0 Å². The van der Waals surface area contributed by atoms with E-state index in [2.05, 4.69) is 5.32 Å². The van der Waals surface area contributed by atoms with Gasteiger partial charge in [0.25, 0.3) is 5.91 Å². The van der Waals surface area contributed by atoms with Crippen molar-refractivity contribution in [2.75, 3.05) is 33.5 Å². The molecule has 34 heavy (non-hydrogen) atoms. The molecule has 2 aromatic carbocycles. The highest BCUT2D eigenvalue weighted by molar-refractivity contribution is 7.93. The molecule has 0 aromatic heterocycles. The van der Waals surface area contributed by atoms with Crippen LogP contribution < -0.4 is 20.3 Å². The molecule has 11 heteroatoms. The van der Waals surface area contributed by atoms with E-state index in [-0.39, 0.29) is 56.4 Å². The number of amides is 2. The molecule has 2 aromatic rings. The van der Waals surface area contributed by atoms with Crippen LogP contribution in [0.4, 0.5) is 0 Å². The van der Waals surface area contributed by atoms with E-state index in [4.69, 9.17) is 19.4 Å². The lowest BCUT2D eigenvalue weighted by atomic mass is 9.98. The number of hydrogen-bond donors (Lipinski definition) is 3. The van der Waals surface area contributed by atoms with E-state index < -0.39 is 20.5 Å². The Balaban J connectivity index is 1.53. The molecule has 0 spiro atoms. The standard InChI is InChI=1S/C23H28N2O8S/c1-31-18-4-2-17(3-5-18)16-21(26)24-12-15-33-19-6-8-20(9-7-19)34(29,30)23(22(27)25-28)10-13-32-14-11-23/h2-9,28H,10-16H2,1H3,(H,24,26)(H,25,27). The zero-order valence-corrected chi connectivity index (χ0v) is 19.6. The van der Waals surface area contributed by atoms with Gasteiger partial charge in [0, 0.05) is 13.2 Å². The number of nitrogens with one attached hydrogen (secondary N) is 2. The lowest BCUT2D eigenvalue weighted by molar-refractivity contribution is -0.134. The van der Waals surface area contributed by atoms with Crippen molar-refractivity contribution < 1.29 is 37.4 Å². The fourth-order valence-corrected chi connectivity index (χ4v) is 5.65. The van der Waals surface area contributed by atoms with Gasteiger partial charge in [-0.3, -0.25) is 14.8 Å². The first kappa shape index (κ1) is 25.5. The van der Waals surface area contributed by atoms with Crippen LogP contribution in [-0.2, 0) is 30.6 Å². The van der Waals surface area contributed by atoms with Crippen LogP contribution in [0.25, 0.3) is 0 Å². The van der Waals surface area contributed by atoms with Crippen molar-refractivity contribution in [2.45, 2.75) is 28.9 Å². The van der Waals surface area contributed by atoms with Crippen molar-refractivity contribution in [3.8, 4) is 11.5 Å². The maximum atomic E-state index is 13.2. The summed E-state index contributed by atoms with van der Waals surface area (Å²) in [6, 6.07) is 12.9. The predicted molar refractivity (Wildman–Crippen MR) is 122 cm³/mol. The van der Waals surface area contributed by atoms with E-state index in [1.807, 2.05) is 12.1 Å². The zero-order valence-electron chi connectivity index (χ0n) is 18.8. The minimum atomic E-state index is -4.09. The molecule has 184 valence electrons. The molecule has 2 amide bonds. The van der Waals surface area contributed by atoms with Gasteiger partial charge >= 0.3 is 0 Å². The number of hydrogen-bond acceptors (Lipinski definition) is 8. The SMILES string of the molecule is COc1ccc(CC(=O)NCCOc2ccc(S(=O)(=O)C3(C(=O)NO)CCOCC3)cc2)cc1. The van der Waals surface area contributed by atoms with Crippen LogP contribution in [0.5, 0.6) is 11.5 Å². The van der Waals surface area contributed by atoms with Crippen LogP contribution in [0, 0.1) is 0 Å². The van der Waals surface area contributed by atoms with E-state index in [9.17, 15) is 18.0 Å². The van der Waals surface area contributed by atoms with Gasteiger partial charge in [-0.15, -0.1) is 0 Å². The summed E-state index contributed by atoms with van der Waals surface area (Å²) in [4.78, 5) is 24.3. The van der Waals surface area contributed by atoms with Gasteiger partial charge in [0.15, 0.2) is 14.6 Å². The van der Waals surface area contributed by atoms with E-state index >= 15 is 0 Å². The summed E-state index contributed by atoms with van der Waals surface area (Å²) in [5.41, 5.74) is 2.34. The molecule has 0 atom stereocenters. The van der Waals surface area contributed by atoms with Crippen LogP contribution in [0.15, 0.2) is 53.4 Å². The van der Waals surface area contributed by atoms with E-state index in [1.54, 1.807) is 19.2 Å². The van der Waals surface area contributed by atoms with Crippen molar-refractivity contribution >= 4 is 21.7 Å². The highest BCUT2D eigenvalue weighted by Gasteiger charge is 2.52. The average molecular weight is 493 g/mol. The lowest BCUT2D eigenvalue weighted by Gasteiger charge is -2.34. The maximum absolute atomic E-state index is 13.2. The Morgan fingerprint density at radius 3 is 2.24 bits per heavy atom. The molecular formula is C23H28N2O8S. The Kier molecular flexibility index (Phi) is 8.48. The monoisotopic (exact) mass is 492 g/mol. The number of rotatable bonds is 10. The number of methoxy groups -OCH3 is 1. The second-order valence-electron chi connectivity index (χ2n) is 7.75. The molecule has 3 N–H and O–H groups in total. The lowest BCUT2D eigenvalue weighted by Crippen LogP contribution is -2.54. The third-order valence-corrected chi connectivity index (χ3v) is 8.20. The first-order chi connectivity index (χ1) is 16.3. The number of carbonyl (C=O) groups excluding carboxylic acids is 2. The van der Waals surface area contributed by atoms with Crippen molar-refractivity contribution in [3.63, 3.8) is 0 Å². The highest BCUT2D eigenvalue weighted by Crippen LogP contribution is 2.35. The van der Waals surface area contributed by atoms with Crippen molar-refractivity contribution in [2.24, 2.45) is 0 Å².